The largest absolute Gasteiger partial charge is 0.573 e. The third-order valence-corrected chi connectivity index (χ3v) is 2.43. The van der Waals surface area contributed by atoms with Crippen molar-refractivity contribution in [3.05, 3.63) is 59.9 Å². The number of carbonyl (C=O) groups is 1. The second-order valence-electron chi connectivity index (χ2n) is 4.04. The van der Waals surface area contributed by atoms with E-state index in [1.54, 1.807) is 0 Å². The molecule has 0 radical (unpaired) electrons. The molecule has 1 N–H and O–H groups in total. The van der Waals surface area contributed by atoms with Crippen LogP contribution in [0.4, 0.5) is 23.2 Å². The molecule has 0 unspecified atom stereocenters. The van der Waals surface area contributed by atoms with Crippen molar-refractivity contribution in [1.82, 2.24) is 0 Å². The van der Waals surface area contributed by atoms with Gasteiger partial charge in [-0.1, -0.05) is 6.07 Å². The van der Waals surface area contributed by atoms with Gasteiger partial charge in [-0.05, 0) is 36.4 Å². The highest BCUT2D eigenvalue weighted by atomic mass is 19.4. The molecular formula is C14H9F4NO2. The number of carbonyl (C=O) groups excluding carboxylic acids is 1. The molecular weight excluding hydrogens is 290 g/mol. The molecule has 0 aliphatic heterocycles. The summed E-state index contributed by atoms with van der Waals surface area (Å²) in [5.74, 6) is -1.51. The summed E-state index contributed by atoms with van der Waals surface area (Å²) in [6.07, 6.45) is -4.81. The van der Waals surface area contributed by atoms with E-state index in [4.69, 9.17) is 0 Å². The molecule has 0 bridgehead atoms. The van der Waals surface area contributed by atoms with E-state index in [1.807, 2.05) is 0 Å². The third kappa shape index (κ3) is 4.48. The van der Waals surface area contributed by atoms with Crippen molar-refractivity contribution in [2.24, 2.45) is 0 Å². The first kappa shape index (κ1) is 14.8. The van der Waals surface area contributed by atoms with Crippen LogP contribution in [0.25, 0.3) is 0 Å². The molecule has 0 heterocycles. The fraction of sp³-hybridized carbons (Fsp3) is 0.0714. The van der Waals surface area contributed by atoms with Crippen molar-refractivity contribution in [3.8, 4) is 5.75 Å². The smallest absolute Gasteiger partial charge is 0.406 e. The van der Waals surface area contributed by atoms with Crippen molar-refractivity contribution < 1.29 is 27.1 Å². The van der Waals surface area contributed by atoms with Gasteiger partial charge in [0, 0.05) is 17.3 Å². The van der Waals surface area contributed by atoms with Crippen LogP contribution < -0.4 is 10.1 Å². The topological polar surface area (TPSA) is 38.3 Å². The summed E-state index contributed by atoms with van der Waals surface area (Å²) in [5.41, 5.74) is 0.310. The van der Waals surface area contributed by atoms with E-state index < -0.39 is 23.8 Å². The molecule has 21 heavy (non-hydrogen) atoms. The Labute approximate surface area is 117 Å². The SMILES string of the molecule is O=C(Nc1cccc(OC(F)(F)F)c1)c1ccc(F)cc1. The van der Waals surface area contributed by atoms with Gasteiger partial charge in [0.2, 0.25) is 0 Å². The van der Waals surface area contributed by atoms with Crippen LogP contribution in [-0.2, 0) is 0 Å². The zero-order chi connectivity index (χ0) is 15.5. The van der Waals surface area contributed by atoms with Gasteiger partial charge in [-0.3, -0.25) is 4.79 Å². The van der Waals surface area contributed by atoms with Crippen LogP contribution in [0.3, 0.4) is 0 Å². The number of halogens is 4. The molecule has 3 nitrogen and oxygen atoms in total. The zero-order valence-electron chi connectivity index (χ0n) is 10.4. The third-order valence-electron chi connectivity index (χ3n) is 2.43. The predicted octanol–water partition coefficient (Wildman–Crippen LogP) is 3.98. The van der Waals surface area contributed by atoms with Crippen LogP contribution in [0.15, 0.2) is 48.5 Å². The average molecular weight is 299 g/mol. The normalized spacial score (nSPS) is 11.0. The van der Waals surface area contributed by atoms with Gasteiger partial charge in [-0.15, -0.1) is 13.2 Å². The Bertz CT molecular complexity index is 638. The molecule has 0 aliphatic carbocycles. The summed E-state index contributed by atoms with van der Waals surface area (Å²) in [4.78, 5) is 11.8. The van der Waals surface area contributed by atoms with Gasteiger partial charge in [-0.25, -0.2) is 4.39 Å². The van der Waals surface area contributed by atoms with Crippen LogP contribution in [0.5, 0.6) is 5.75 Å². The summed E-state index contributed by atoms with van der Waals surface area (Å²) in [7, 11) is 0. The lowest BCUT2D eigenvalue weighted by Crippen LogP contribution is -2.17. The van der Waals surface area contributed by atoms with Gasteiger partial charge in [0.25, 0.3) is 5.91 Å². The molecule has 0 saturated carbocycles. The number of alkyl halides is 3. The van der Waals surface area contributed by atoms with Crippen molar-refractivity contribution in [2.45, 2.75) is 6.36 Å². The van der Waals surface area contributed by atoms with E-state index in [9.17, 15) is 22.4 Å². The van der Waals surface area contributed by atoms with Crippen molar-refractivity contribution in [3.63, 3.8) is 0 Å². The monoisotopic (exact) mass is 299 g/mol. The minimum atomic E-state index is -4.81. The molecule has 0 atom stereocenters. The maximum absolute atomic E-state index is 12.7. The first-order valence-corrected chi connectivity index (χ1v) is 5.76. The number of rotatable bonds is 3. The lowest BCUT2D eigenvalue weighted by Gasteiger charge is -2.10. The maximum atomic E-state index is 12.7. The van der Waals surface area contributed by atoms with E-state index >= 15 is 0 Å². The van der Waals surface area contributed by atoms with Crippen LogP contribution in [-0.4, -0.2) is 12.3 Å². The Balaban J connectivity index is 2.10. The van der Waals surface area contributed by atoms with E-state index in [0.29, 0.717) is 0 Å². The van der Waals surface area contributed by atoms with Gasteiger partial charge in [0.1, 0.15) is 11.6 Å². The number of benzene rings is 2. The molecule has 0 spiro atoms. The van der Waals surface area contributed by atoms with Gasteiger partial charge >= 0.3 is 6.36 Å². The van der Waals surface area contributed by atoms with E-state index in [1.165, 1.54) is 24.3 Å². The van der Waals surface area contributed by atoms with Crippen LogP contribution in [0.2, 0.25) is 0 Å². The predicted molar refractivity (Wildman–Crippen MR) is 67.5 cm³/mol. The fourth-order valence-electron chi connectivity index (χ4n) is 1.58. The van der Waals surface area contributed by atoms with E-state index in [0.717, 1.165) is 24.3 Å². The Morgan fingerprint density at radius 1 is 1.05 bits per heavy atom. The number of anilines is 1. The van der Waals surface area contributed by atoms with E-state index in [-0.39, 0.29) is 11.3 Å². The molecule has 0 aliphatic rings. The molecule has 0 aromatic heterocycles. The standard InChI is InChI=1S/C14H9F4NO2/c15-10-6-4-9(5-7-10)13(20)19-11-2-1-3-12(8-11)21-14(16,17)18/h1-8H,(H,19,20). The fourth-order valence-corrected chi connectivity index (χ4v) is 1.58. The van der Waals surface area contributed by atoms with E-state index in [2.05, 4.69) is 10.1 Å². The minimum Gasteiger partial charge on any atom is -0.406 e. The second-order valence-corrected chi connectivity index (χ2v) is 4.04. The highest BCUT2D eigenvalue weighted by Crippen LogP contribution is 2.25. The molecule has 1 amide bonds. The van der Waals surface area contributed by atoms with Crippen molar-refractivity contribution in [1.29, 1.82) is 0 Å². The Morgan fingerprint density at radius 2 is 1.71 bits per heavy atom. The molecule has 2 aromatic carbocycles. The molecule has 110 valence electrons. The quantitative estimate of drug-likeness (QED) is 0.871. The highest BCUT2D eigenvalue weighted by Gasteiger charge is 2.31. The van der Waals surface area contributed by atoms with Crippen molar-refractivity contribution >= 4 is 11.6 Å². The van der Waals surface area contributed by atoms with Gasteiger partial charge in [-0.2, -0.15) is 0 Å². The lowest BCUT2D eigenvalue weighted by molar-refractivity contribution is -0.274. The first-order valence-electron chi connectivity index (χ1n) is 5.76. The first-order chi connectivity index (χ1) is 9.83. The van der Waals surface area contributed by atoms with Crippen LogP contribution in [0, 0.1) is 5.82 Å². The molecule has 2 aromatic rings. The number of nitrogens with one attached hydrogen (secondary N) is 1. The number of hydrogen-bond donors (Lipinski definition) is 1. The Kier molecular flexibility index (Phi) is 4.11. The number of amides is 1. The zero-order valence-corrected chi connectivity index (χ0v) is 10.4. The highest BCUT2D eigenvalue weighted by molar-refractivity contribution is 6.04. The average Bonchev–Trinajstić information content (AvgIpc) is 2.37. The van der Waals surface area contributed by atoms with Gasteiger partial charge in [0.05, 0.1) is 0 Å². The lowest BCUT2D eigenvalue weighted by atomic mass is 10.2. The van der Waals surface area contributed by atoms with Crippen molar-refractivity contribution in [2.75, 3.05) is 5.32 Å². The Hall–Kier alpha value is -2.57. The number of ether oxygens (including phenoxy) is 1. The minimum absolute atomic E-state index is 0.131. The molecule has 7 heteroatoms. The van der Waals surface area contributed by atoms with Crippen LogP contribution in [0.1, 0.15) is 10.4 Å². The summed E-state index contributed by atoms with van der Waals surface area (Å²) in [6, 6.07) is 9.61. The summed E-state index contributed by atoms with van der Waals surface area (Å²) in [6.45, 7) is 0. The maximum Gasteiger partial charge on any atom is 0.573 e. The van der Waals surface area contributed by atoms with Crippen LogP contribution >= 0.6 is 0 Å². The van der Waals surface area contributed by atoms with Gasteiger partial charge in [0.15, 0.2) is 0 Å². The molecule has 0 fully saturated rings. The molecule has 2 rings (SSSR count). The summed E-state index contributed by atoms with van der Waals surface area (Å²) < 4.78 is 52.8. The second kappa shape index (κ2) is 5.82. The van der Waals surface area contributed by atoms with Gasteiger partial charge < -0.3 is 10.1 Å². The Morgan fingerprint density at radius 3 is 2.33 bits per heavy atom. The summed E-state index contributed by atoms with van der Waals surface area (Å²) in [5, 5.41) is 2.40. The molecule has 0 saturated heterocycles. The number of hydrogen-bond acceptors (Lipinski definition) is 2. The summed E-state index contributed by atoms with van der Waals surface area (Å²) >= 11 is 0.